The second-order valence-corrected chi connectivity index (χ2v) is 7.05. The maximum absolute atomic E-state index is 12.7. The quantitative estimate of drug-likeness (QED) is 0.716. The van der Waals surface area contributed by atoms with E-state index < -0.39 is 17.2 Å². The molecule has 4 rings (SSSR count). The zero-order chi connectivity index (χ0) is 19.8. The Hall–Kier alpha value is -3.36. The van der Waals surface area contributed by atoms with Crippen LogP contribution >= 0.6 is 0 Å². The summed E-state index contributed by atoms with van der Waals surface area (Å²) in [7, 11) is 3.20. The number of fused-ring (bicyclic) bond motifs is 1. The van der Waals surface area contributed by atoms with Crippen LogP contribution in [0.2, 0.25) is 0 Å². The fraction of sp³-hybridized carbons (Fsp3) is 0.368. The molecule has 1 saturated heterocycles. The fourth-order valence-electron chi connectivity index (χ4n) is 3.61. The number of aromatic nitrogens is 4. The molecular weight excluding hydrogens is 360 g/mol. The minimum atomic E-state index is -0.573. The molecule has 0 unspecified atom stereocenters. The van der Waals surface area contributed by atoms with Gasteiger partial charge in [0.1, 0.15) is 6.54 Å². The van der Waals surface area contributed by atoms with Gasteiger partial charge in [-0.15, -0.1) is 0 Å². The number of benzene rings is 1. The van der Waals surface area contributed by atoms with E-state index in [2.05, 4.69) is 15.2 Å². The van der Waals surface area contributed by atoms with Crippen molar-refractivity contribution >= 4 is 28.4 Å². The number of carbonyl (C=O) groups is 1. The zero-order valence-corrected chi connectivity index (χ0v) is 15.9. The molecule has 0 aliphatic carbocycles. The first kappa shape index (κ1) is 18.0. The molecule has 9 heteroatoms. The van der Waals surface area contributed by atoms with Crippen molar-refractivity contribution in [1.82, 2.24) is 18.7 Å². The molecule has 0 saturated carbocycles. The van der Waals surface area contributed by atoms with Crippen LogP contribution in [0.3, 0.4) is 0 Å². The van der Waals surface area contributed by atoms with Crippen molar-refractivity contribution in [2.45, 2.75) is 19.4 Å². The molecule has 28 heavy (non-hydrogen) atoms. The Morgan fingerprint density at radius 1 is 1.11 bits per heavy atom. The molecule has 1 fully saturated rings. The summed E-state index contributed by atoms with van der Waals surface area (Å²) >= 11 is 0. The lowest BCUT2D eigenvalue weighted by Crippen LogP contribution is -2.42. The summed E-state index contributed by atoms with van der Waals surface area (Å²) in [6.45, 7) is 1.74. The number of aryl methyl sites for hydroxylation is 2. The van der Waals surface area contributed by atoms with Gasteiger partial charge in [-0.05, 0) is 37.1 Å². The van der Waals surface area contributed by atoms with Gasteiger partial charge < -0.3 is 14.8 Å². The third-order valence-corrected chi connectivity index (χ3v) is 5.12. The van der Waals surface area contributed by atoms with Crippen LogP contribution in [-0.2, 0) is 25.4 Å². The normalized spacial score (nSPS) is 14.0. The van der Waals surface area contributed by atoms with Gasteiger partial charge in [0.2, 0.25) is 5.91 Å². The first-order valence-electron chi connectivity index (χ1n) is 9.21. The van der Waals surface area contributed by atoms with Gasteiger partial charge >= 0.3 is 5.69 Å². The Morgan fingerprint density at radius 2 is 1.79 bits per heavy atom. The molecule has 1 amide bonds. The lowest BCUT2D eigenvalue weighted by Gasteiger charge is -2.17. The van der Waals surface area contributed by atoms with Crippen molar-refractivity contribution in [3.8, 4) is 0 Å². The number of nitrogens with zero attached hydrogens (tertiary/aromatic N) is 5. The maximum atomic E-state index is 12.7. The summed E-state index contributed by atoms with van der Waals surface area (Å²) in [5.41, 5.74) is 1.23. The van der Waals surface area contributed by atoms with E-state index in [0.717, 1.165) is 23.3 Å². The third kappa shape index (κ3) is 3.08. The Morgan fingerprint density at radius 3 is 2.46 bits per heavy atom. The number of hydrogen-bond donors (Lipinski definition) is 1. The number of nitrogens with one attached hydrogen (secondary N) is 1. The summed E-state index contributed by atoms with van der Waals surface area (Å²) < 4.78 is 3.75. The lowest BCUT2D eigenvalue weighted by atomic mass is 10.2. The summed E-state index contributed by atoms with van der Waals surface area (Å²) in [6.07, 6.45) is 3.87. The molecule has 1 aliphatic rings. The minimum absolute atomic E-state index is 0.282. The average molecular weight is 382 g/mol. The van der Waals surface area contributed by atoms with Crippen LogP contribution in [0, 0.1) is 0 Å². The van der Waals surface area contributed by atoms with E-state index in [1.54, 1.807) is 11.6 Å². The largest absolute Gasteiger partial charge is 0.372 e. The second kappa shape index (κ2) is 6.99. The standard InChI is InChI=1S/C19H22N6O3/c1-22-12-20-17-16(22)18(27)25(19(28)23(17)2)11-15(26)21-13-5-7-14(8-6-13)24-9-3-4-10-24/h5-8,12H,3-4,9-11H2,1-2H3,(H,21,26). The molecule has 1 aliphatic heterocycles. The predicted octanol–water partition coefficient (Wildman–Crippen LogP) is 0.673. The highest BCUT2D eigenvalue weighted by Gasteiger charge is 2.17. The summed E-state index contributed by atoms with van der Waals surface area (Å²) in [4.78, 5) is 44.0. The third-order valence-electron chi connectivity index (χ3n) is 5.12. The highest BCUT2D eigenvalue weighted by atomic mass is 16.2. The molecule has 9 nitrogen and oxygen atoms in total. The van der Waals surface area contributed by atoms with Crippen LogP contribution in [0.15, 0.2) is 40.2 Å². The van der Waals surface area contributed by atoms with Crippen molar-refractivity contribution in [3.05, 3.63) is 51.4 Å². The van der Waals surface area contributed by atoms with E-state index >= 15 is 0 Å². The van der Waals surface area contributed by atoms with Crippen molar-refractivity contribution in [1.29, 1.82) is 0 Å². The predicted molar refractivity (Wildman–Crippen MR) is 107 cm³/mol. The molecule has 0 spiro atoms. The zero-order valence-electron chi connectivity index (χ0n) is 15.9. The topological polar surface area (TPSA) is 94.2 Å². The number of hydrogen-bond acceptors (Lipinski definition) is 5. The molecule has 0 atom stereocenters. The molecule has 3 aromatic rings. The fourth-order valence-corrected chi connectivity index (χ4v) is 3.61. The lowest BCUT2D eigenvalue weighted by molar-refractivity contribution is -0.116. The van der Waals surface area contributed by atoms with Gasteiger partial charge in [0.25, 0.3) is 5.56 Å². The first-order chi connectivity index (χ1) is 13.5. The van der Waals surface area contributed by atoms with Crippen molar-refractivity contribution in [2.75, 3.05) is 23.3 Å². The van der Waals surface area contributed by atoms with E-state index in [-0.39, 0.29) is 12.1 Å². The Bertz CT molecular complexity index is 1150. The summed E-state index contributed by atoms with van der Waals surface area (Å²) in [5, 5.41) is 2.75. The van der Waals surface area contributed by atoms with E-state index in [9.17, 15) is 14.4 Å². The summed E-state index contributed by atoms with van der Waals surface area (Å²) in [6, 6.07) is 7.59. The van der Waals surface area contributed by atoms with Gasteiger partial charge in [0.15, 0.2) is 11.2 Å². The average Bonchev–Trinajstić information content (AvgIpc) is 3.34. The Kier molecular flexibility index (Phi) is 4.50. The molecule has 2 aromatic heterocycles. The second-order valence-electron chi connectivity index (χ2n) is 7.05. The maximum Gasteiger partial charge on any atom is 0.332 e. The van der Waals surface area contributed by atoms with E-state index in [0.29, 0.717) is 11.3 Å². The van der Waals surface area contributed by atoms with E-state index in [4.69, 9.17) is 0 Å². The van der Waals surface area contributed by atoms with Gasteiger partial charge in [-0.2, -0.15) is 0 Å². The monoisotopic (exact) mass is 382 g/mol. The van der Waals surface area contributed by atoms with Crippen molar-refractivity contribution < 1.29 is 4.79 Å². The van der Waals surface area contributed by atoms with Crippen LogP contribution in [0.25, 0.3) is 11.2 Å². The van der Waals surface area contributed by atoms with Crippen LogP contribution in [0.4, 0.5) is 11.4 Å². The smallest absolute Gasteiger partial charge is 0.332 e. The van der Waals surface area contributed by atoms with Crippen LogP contribution in [0.5, 0.6) is 0 Å². The van der Waals surface area contributed by atoms with E-state index in [1.165, 1.54) is 30.8 Å². The van der Waals surface area contributed by atoms with Gasteiger partial charge in [-0.1, -0.05) is 0 Å². The SMILES string of the molecule is Cn1cnc2c1c(=O)n(CC(=O)Nc1ccc(N3CCCC3)cc1)c(=O)n2C. The van der Waals surface area contributed by atoms with Crippen molar-refractivity contribution in [3.63, 3.8) is 0 Å². The molecule has 1 N–H and O–H groups in total. The summed E-state index contributed by atoms with van der Waals surface area (Å²) in [5.74, 6) is -0.436. The van der Waals surface area contributed by atoms with Gasteiger partial charge in [0.05, 0.1) is 6.33 Å². The number of rotatable bonds is 4. The van der Waals surface area contributed by atoms with Crippen LogP contribution in [0.1, 0.15) is 12.8 Å². The van der Waals surface area contributed by atoms with Gasteiger partial charge in [-0.3, -0.25) is 14.2 Å². The molecule has 146 valence electrons. The number of amides is 1. The number of anilines is 2. The Labute approximate surface area is 160 Å². The van der Waals surface area contributed by atoms with Crippen molar-refractivity contribution in [2.24, 2.45) is 14.1 Å². The number of carbonyl (C=O) groups excluding carboxylic acids is 1. The van der Waals surface area contributed by atoms with Gasteiger partial charge in [0, 0.05) is 38.6 Å². The Balaban J connectivity index is 1.55. The van der Waals surface area contributed by atoms with Crippen LogP contribution < -0.4 is 21.5 Å². The highest BCUT2D eigenvalue weighted by molar-refractivity contribution is 5.90. The number of imidazole rings is 1. The van der Waals surface area contributed by atoms with Crippen LogP contribution in [-0.4, -0.2) is 37.7 Å². The minimum Gasteiger partial charge on any atom is -0.372 e. The van der Waals surface area contributed by atoms with E-state index in [1.807, 2.05) is 24.3 Å². The first-order valence-corrected chi connectivity index (χ1v) is 9.21. The van der Waals surface area contributed by atoms with Gasteiger partial charge in [-0.25, -0.2) is 14.3 Å². The molecule has 3 heterocycles. The molecular formula is C19H22N6O3. The molecule has 1 aromatic carbocycles. The highest BCUT2D eigenvalue weighted by Crippen LogP contribution is 2.22. The molecule has 0 bridgehead atoms. The molecule has 0 radical (unpaired) electrons.